The van der Waals surface area contributed by atoms with E-state index in [0.29, 0.717) is 22.4 Å². The molecule has 14 heteroatoms. The molecular weight excluding hydrogens is 448 g/mol. The van der Waals surface area contributed by atoms with Crippen LogP contribution in [-0.4, -0.2) is 30.9 Å². The molecule has 8 nitrogen and oxygen atoms in total. The Bertz CT molecular complexity index is 1230. The first-order valence-electron chi connectivity index (χ1n) is 8.63. The molecule has 3 aromatic rings. The van der Waals surface area contributed by atoms with Gasteiger partial charge in [0.25, 0.3) is 0 Å². The highest BCUT2D eigenvalue weighted by molar-refractivity contribution is 5.94. The van der Waals surface area contributed by atoms with Crippen molar-refractivity contribution < 1.29 is 36.2 Å². The number of aromatic nitrogens is 4. The molecule has 0 saturated heterocycles. The largest absolute Gasteiger partial charge is 0.478 e. The van der Waals surface area contributed by atoms with Crippen LogP contribution in [0.4, 0.5) is 32.0 Å². The van der Waals surface area contributed by atoms with Gasteiger partial charge in [0.2, 0.25) is 0 Å². The molecule has 170 valence electrons. The van der Waals surface area contributed by atoms with Gasteiger partial charge in [-0.25, -0.2) is 9.59 Å². The number of alkyl halides is 6. The third-order valence-electron chi connectivity index (χ3n) is 4.47. The first-order chi connectivity index (χ1) is 14.7. The van der Waals surface area contributed by atoms with Gasteiger partial charge in [-0.3, -0.25) is 0 Å². The average Bonchev–Trinajstić information content (AvgIpc) is 3.03. The Hall–Kier alpha value is -3.84. The van der Waals surface area contributed by atoms with E-state index in [1.165, 1.54) is 19.1 Å². The maximum atomic E-state index is 13.1. The van der Waals surface area contributed by atoms with Crippen molar-refractivity contribution in [3.63, 3.8) is 0 Å². The third kappa shape index (κ3) is 4.43. The number of nitrogens with zero attached hydrogens (tertiary/aromatic N) is 4. The zero-order valence-corrected chi connectivity index (χ0v) is 16.0. The lowest BCUT2D eigenvalue weighted by Crippen LogP contribution is -2.25. The first-order valence-corrected chi connectivity index (χ1v) is 8.63. The third-order valence-corrected chi connectivity index (χ3v) is 4.47. The molecule has 0 aliphatic rings. The van der Waals surface area contributed by atoms with Gasteiger partial charge in [-0.15, -0.1) is 0 Å². The topological polar surface area (TPSA) is 116 Å². The number of carbonyl (C=O) groups is 1. The lowest BCUT2D eigenvalue weighted by molar-refractivity contribution is -0.143. The van der Waals surface area contributed by atoms with Crippen LogP contribution in [0.25, 0.3) is 5.69 Å². The fourth-order valence-corrected chi connectivity index (χ4v) is 2.91. The normalized spacial score (nSPS) is 12.2. The predicted octanol–water partition coefficient (Wildman–Crippen LogP) is 3.10. The highest BCUT2D eigenvalue weighted by Gasteiger charge is 2.37. The molecule has 0 radical (unpaired) electrons. The summed E-state index contributed by atoms with van der Waals surface area (Å²) >= 11 is 0. The molecular formula is C18H13F6N5O3. The van der Waals surface area contributed by atoms with E-state index in [1.54, 1.807) is 0 Å². The van der Waals surface area contributed by atoms with Crippen molar-refractivity contribution in [1.29, 1.82) is 0 Å². The van der Waals surface area contributed by atoms with Crippen LogP contribution >= 0.6 is 0 Å². The number of halogens is 6. The second kappa shape index (κ2) is 7.69. The molecule has 0 aliphatic heterocycles. The highest BCUT2D eigenvalue weighted by Crippen LogP contribution is 2.36. The molecule has 3 N–H and O–H groups in total. The number of anilines is 1. The van der Waals surface area contributed by atoms with Crippen LogP contribution in [0, 0.1) is 6.92 Å². The van der Waals surface area contributed by atoms with Crippen molar-refractivity contribution >= 4 is 11.7 Å². The van der Waals surface area contributed by atoms with E-state index in [9.17, 15) is 41.0 Å². The summed E-state index contributed by atoms with van der Waals surface area (Å²) in [4.78, 5) is 23.9. The van der Waals surface area contributed by atoms with E-state index in [0.717, 1.165) is 0 Å². The van der Waals surface area contributed by atoms with Gasteiger partial charge < -0.3 is 10.8 Å². The molecule has 1 aromatic heterocycles. The van der Waals surface area contributed by atoms with Crippen LogP contribution in [-0.2, 0) is 18.9 Å². The molecule has 1 heterocycles. The maximum absolute atomic E-state index is 13.1. The molecule has 0 saturated carbocycles. The maximum Gasteiger partial charge on any atom is 0.416 e. The second-order valence-corrected chi connectivity index (χ2v) is 6.77. The van der Waals surface area contributed by atoms with Gasteiger partial charge in [0.15, 0.2) is 0 Å². The molecule has 0 bridgehead atoms. The SMILES string of the molecule is Cc1cc(Cn2nnn(-c3cc(C(F)(F)F)cc(C(F)(F)F)c3)c2=O)cc(C(=O)O)c1N. The zero-order chi connectivity index (χ0) is 24.0. The summed E-state index contributed by atoms with van der Waals surface area (Å²) in [6.45, 7) is 1.16. The van der Waals surface area contributed by atoms with Crippen LogP contribution < -0.4 is 11.4 Å². The molecule has 0 amide bonds. The zero-order valence-electron chi connectivity index (χ0n) is 16.0. The summed E-state index contributed by atoms with van der Waals surface area (Å²) in [5.41, 5.74) is 0.916. The Morgan fingerprint density at radius 2 is 1.56 bits per heavy atom. The molecule has 0 atom stereocenters. The smallest absolute Gasteiger partial charge is 0.416 e. The molecule has 0 spiro atoms. The summed E-state index contributed by atoms with van der Waals surface area (Å²) in [6, 6.07) is 3.22. The predicted molar refractivity (Wildman–Crippen MR) is 97.3 cm³/mol. The molecule has 0 unspecified atom stereocenters. The molecule has 0 aliphatic carbocycles. The highest BCUT2D eigenvalue weighted by atomic mass is 19.4. The van der Waals surface area contributed by atoms with Crippen LogP contribution in [0.1, 0.15) is 32.6 Å². The van der Waals surface area contributed by atoms with Crippen molar-refractivity contribution in [2.24, 2.45) is 0 Å². The number of hydrogen-bond donors (Lipinski definition) is 2. The van der Waals surface area contributed by atoms with E-state index in [4.69, 9.17) is 5.73 Å². The Balaban J connectivity index is 2.07. The summed E-state index contributed by atoms with van der Waals surface area (Å²) < 4.78 is 79.3. The van der Waals surface area contributed by atoms with Gasteiger partial charge in [0.05, 0.1) is 28.9 Å². The van der Waals surface area contributed by atoms with E-state index in [-0.39, 0.29) is 34.1 Å². The summed E-state index contributed by atoms with van der Waals surface area (Å²) in [5.74, 6) is -1.33. The van der Waals surface area contributed by atoms with Gasteiger partial charge in [-0.2, -0.15) is 35.7 Å². The second-order valence-electron chi connectivity index (χ2n) is 6.77. The number of rotatable bonds is 4. The van der Waals surface area contributed by atoms with E-state index in [1.807, 2.05) is 0 Å². The number of tetrazole rings is 1. The van der Waals surface area contributed by atoms with Crippen molar-refractivity contribution in [3.8, 4) is 5.69 Å². The van der Waals surface area contributed by atoms with Gasteiger partial charge in [-0.05, 0) is 52.7 Å². The van der Waals surface area contributed by atoms with Crippen LogP contribution in [0.3, 0.4) is 0 Å². The van der Waals surface area contributed by atoms with E-state index in [2.05, 4.69) is 10.4 Å². The summed E-state index contributed by atoms with van der Waals surface area (Å²) in [7, 11) is 0. The fourth-order valence-electron chi connectivity index (χ4n) is 2.91. The van der Waals surface area contributed by atoms with E-state index < -0.39 is 40.8 Å². The molecule has 32 heavy (non-hydrogen) atoms. The Morgan fingerprint density at radius 3 is 2.06 bits per heavy atom. The standard InChI is InChI=1S/C18H13F6N5O3/c1-8-2-9(3-13(14(8)25)15(30)31)7-28-16(32)29(27-26-28)12-5-10(17(19,20)21)4-11(6-12)18(22,23)24/h2-6H,7,25H2,1H3,(H,30,31). The molecule has 0 fully saturated rings. The molecule has 2 aromatic carbocycles. The van der Waals surface area contributed by atoms with Gasteiger partial charge >= 0.3 is 24.0 Å². The number of carboxylic acid groups (broad SMARTS) is 1. The van der Waals surface area contributed by atoms with Crippen molar-refractivity contribution in [3.05, 3.63) is 68.6 Å². The molecule has 3 rings (SSSR count). The van der Waals surface area contributed by atoms with Crippen LogP contribution in [0.15, 0.2) is 35.1 Å². The monoisotopic (exact) mass is 461 g/mol. The summed E-state index contributed by atoms with van der Waals surface area (Å²) in [5, 5.41) is 16.0. The van der Waals surface area contributed by atoms with Crippen LogP contribution in [0.2, 0.25) is 0 Å². The lowest BCUT2D eigenvalue weighted by Gasteiger charge is -2.13. The fraction of sp³-hybridized carbons (Fsp3) is 0.222. The Kier molecular flexibility index (Phi) is 5.49. The van der Waals surface area contributed by atoms with Crippen molar-refractivity contribution in [1.82, 2.24) is 19.8 Å². The van der Waals surface area contributed by atoms with Gasteiger partial charge in [-0.1, -0.05) is 6.07 Å². The number of nitrogen functional groups attached to an aromatic ring is 1. The van der Waals surface area contributed by atoms with E-state index >= 15 is 0 Å². The van der Waals surface area contributed by atoms with Crippen LogP contribution in [0.5, 0.6) is 0 Å². The minimum absolute atomic E-state index is 0.000831. The Morgan fingerprint density at radius 1 is 1.00 bits per heavy atom. The Labute approximate surface area is 174 Å². The minimum atomic E-state index is -5.11. The number of nitrogens with two attached hydrogens (primary N) is 1. The number of hydrogen-bond acceptors (Lipinski definition) is 5. The first kappa shape index (κ1) is 22.8. The van der Waals surface area contributed by atoms with Gasteiger partial charge in [0, 0.05) is 5.69 Å². The number of carboxylic acids is 1. The number of aromatic carboxylic acids is 1. The lowest BCUT2D eigenvalue weighted by atomic mass is 10.0. The number of aryl methyl sites for hydroxylation is 1. The van der Waals surface area contributed by atoms with Crippen molar-refractivity contribution in [2.75, 3.05) is 5.73 Å². The quantitative estimate of drug-likeness (QED) is 0.456. The van der Waals surface area contributed by atoms with Crippen molar-refractivity contribution in [2.45, 2.75) is 25.8 Å². The minimum Gasteiger partial charge on any atom is -0.478 e. The summed E-state index contributed by atoms with van der Waals surface area (Å²) in [6.07, 6.45) is -10.2. The average molecular weight is 461 g/mol. The van der Waals surface area contributed by atoms with Gasteiger partial charge in [0.1, 0.15) is 0 Å². The number of benzene rings is 2.